The number of halogens is 4. The van der Waals surface area contributed by atoms with Gasteiger partial charge in [0.2, 0.25) is 0 Å². The Labute approximate surface area is 223 Å². The Morgan fingerprint density at radius 3 is 2.47 bits per heavy atom. The van der Waals surface area contributed by atoms with Gasteiger partial charge in [0.1, 0.15) is 29.9 Å². The molecule has 38 heavy (non-hydrogen) atoms. The fourth-order valence-corrected chi connectivity index (χ4v) is 6.08. The van der Waals surface area contributed by atoms with Crippen LogP contribution in [0.25, 0.3) is 10.9 Å². The number of hydrogen-bond donors (Lipinski definition) is 2. The third-order valence-electron chi connectivity index (χ3n) is 7.49. The van der Waals surface area contributed by atoms with E-state index in [-0.39, 0.29) is 16.9 Å². The van der Waals surface area contributed by atoms with Gasteiger partial charge in [0.25, 0.3) is 0 Å². The smallest absolute Gasteiger partial charge is 0.142 e. The van der Waals surface area contributed by atoms with Crippen LogP contribution < -0.4 is 4.74 Å². The minimum atomic E-state index is -0.941. The van der Waals surface area contributed by atoms with Crippen LogP contribution in [0.5, 0.6) is 5.75 Å². The molecule has 1 aliphatic heterocycles. The third kappa shape index (κ3) is 6.42. The van der Waals surface area contributed by atoms with E-state index in [0.29, 0.717) is 91.0 Å². The number of aromatic nitrogens is 1. The second kappa shape index (κ2) is 12.6. The van der Waals surface area contributed by atoms with E-state index in [1.165, 1.54) is 6.20 Å². The first-order chi connectivity index (χ1) is 18.3. The van der Waals surface area contributed by atoms with Crippen LogP contribution in [0.2, 0.25) is 0 Å². The van der Waals surface area contributed by atoms with Crippen LogP contribution >= 0.6 is 11.8 Å². The first-order valence-corrected chi connectivity index (χ1v) is 13.6. The Kier molecular flexibility index (Phi) is 9.51. The average molecular weight is 553 g/mol. The molecule has 0 radical (unpaired) electrons. The number of methoxy groups -OCH3 is 1. The number of piperidine rings is 1. The molecule has 1 atom stereocenters. The highest BCUT2D eigenvalue weighted by molar-refractivity contribution is 7.99. The van der Waals surface area contributed by atoms with E-state index in [2.05, 4.69) is 9.88 Å². The highest BCUT2D eigenvalue weighted by atomic mass is 32.2. The fraction of sp³-hybridized carbons (Fsp3) is 0.464. The van der Waals surface area contributed by atoms with Crippen LogP contribution in [0.1, 0.15) is 42.9 Å². The normalized spacial score (nSPS) is 16.6. The van der Waals surface area contributed by atoms with E-state index in [0.717, 1.165) is 11.8 Å². The lowest BCUT2D eigenvalue weighted by atomic mass is 9.74. The summed E-state index contributed by atoms with van der Waals surface area (Å²) in [6.07, 6.45) is 2.82. The summed E-state index contributed by atoms with van der Waals surface area (Å²) in [4.78, 5) is 6.29. The summed E-state index contributed by atoms with van der Waals surface area (Å²) in [5.74, 6) is -1.72. The molecule has 0 spiro atoms. The Balaban J connectivity index is 1.35. The lowest BCUT2D eigenvalue weighted by molar-refractivity contribution is 0.0253. The Bertz CT molecular complexity index is 1230. The van der Waals surface area contributed by atoms with Gasteiger partial charge in [-0.1, -0.05) is 0 Å². The molecule has 3 aromatic rings. The molecule has 5 nitrogen and oxygen atoms in total. The van der Waals surface area contributed by atoms with E-state index in [4.69, 9.17) is 4.74 Å². The second-order valence-corrected chi connectivity index (χ2v) is 10.9. The highest BCUT2D eigenvalue weighted by Gasteiger charge is 2.34. The molecule has 1 aliphatic rings. The summed E-state index contributed by atoms with van der Waals surface area (Å²) in [5.41, 5.74) is 1.09. The van der Waals surface area contributed by atoms with Crippen LogP contribution in [0, 0.1) is 22.9 Å². The average Bonchev–Trinajstić information content (AvgIpc) is 2.92. The van der Waals surface area contributed by atoms with Crippen molar-refractivity contribution < 1.29 is 32.5 Å². The molecule has 0 saturated carbocycles. The van der Waals surface area contributed by atoms with Crippen LogP contribution in [-0.4, -0.2) is 59.2 Å². The van der Waals surface area contributed by atoms with Crippen molar-refractivity contribution in [1.82, 2.24) is 9.88 Å². The topological polar surface area (TPSA) is 65.8 Å². The van der Waals surface area contributed by atoms with Gasteiger partial charge in [-0.2, -0.15) is 0 Å². The number of benzene rings is 2. The summed E-state index contributed by atoms with van der Waals surface area (Å²) in [6, 6.07) is 6.65. The number of fused-ring (bicyclic) bond motifs is 1. The van der Waals surface area contributed by atoms with Crippen LogP contribution in [0.3, 0.4) is 0 Å². The lowest BCUT2D eigenvalue weighted by Gasteiger charge is -2.41. The maximum Gasteiger partial charge on any atom is 0.142 e. The molecule has 0 unspecified atom stereocenters. The predicted octanol–water partition coefficient (Wildman–Crippen LogP) is 5.81. The lowest BCUT2D eigenvalue weighted by Crippen LogP contribution is -2.43. The number of ether oxygens (including phenoxy) is 1. The molecule has 0 amide bonds. The van der Waals surface area contributed by atoms with Crippen molar-refractivity contribution in [3.63, 3.8) is 0 Å². The summed E-state index contributed by atoms with van der Waals surface area (Å²) in [5, 5.41) is 22.1. The summed E-state index contributed by atoms with van der Waals surface area (Å²) in [7, 11) is 1.54. The van der Waals surface area contributed by atoms with Crippen molar-refractivity contribution in [3.05, 3.63) is 65.1 Å². The van der Waals surface area contributed by atoms with Gasteiger partial charge in [-0.15, -0.1) is 11.8 Å². The summed E-state index contributed by atoms with van der Waals surface area (Å²) < 4.78 is 60.0. The molecular weight excluding hydrogens is 520 g/mol. The maximum absolute atomic E-state index is 13.9. The van der Waals surface area contributed by atoms with Crippen molar-refractivity contribution >= 4 is 22.7 Å². The number of hydrogen-bond acceptors (Lipinski definition) is 6. The molecule has 1 aromatic heterocycles. The van der Waals surface area contributed by atoms with Gasteiger partial charge < -0.3 is 19.8 Å². The van der Waals surface area contributed by atoms with E-state index in [9.17, 15) is 27.8 Å². The number of likely N-dealkylation sites (tertiary alicyclic amines) is 1. The first-order valence-electron chi connectivity index (χ1n) is 12.6. The molecule has 2 N–H and O–H groups in total. The largest absolute Gasteiger partial charge is 0.497 e. The van der Waals surface area contributed by atoms with E-state index in [1.54, 1.807) is 25.3 Å². The van der Waals surface area contributed by atoms with Crippen molar-refractivity contribution in [1.29, 1.82) is 0 Å². The van der Waals surface area contributed by atoms with Gasteiger partial charge in [-0.05, 0) is 68.0 Å². The van der Waals surface area contributed by atoms with E-state index < -0.39 is 30.2 Å². The quantitative estimate of drug-likeness (QED) is 0.231. The monoisotopic (exact) mass is 552 g/mol. The van der Waals surface area contributed by atoms with Crippen molar-refractivity contribution in [3.8, 4) is 5.75 Å². The highest BCUT2D eigenvalue weighted by Crippen LogP contribution is 2.40. The van der Waals surface area contributed by atoms with Gasteiger partial charge >= 0.3 is 0 Å². The standard InChI is InChI=1S/C28H32F4N2O3S/c1-37-20-2-3-24-21(14-20)26(18(15-29)16-33-24)25(36)4-5-28(17-35)6-8-34(9-7-28)10-11-38-27-22(31)12-19(30)13-23(27)32/h2-3,12-14,16,25,35-36H,4-11,15,17H2,1H3/t25-/m0/s1. The molecular formula is C28H32F4N2O3S. The van der Waals surface area contributed by atoms with Gasteiger partial charge in [0, 0.05) is 48.2 Å². The van der Waals surface area contributed by atoms with Gasteiger partial charge in [0.15, 0.2) is 0 Å². The number of aliphatic hydroxyl groups is 2. The molecule has 206 valence electrons. The van der Waals surface area contributed by atoms with Crippen molar-refractivity contribution in [2.45, 2.75) is 43.4 Å². The number of rotatable bonds is 11. The second-order valence-electron chi connectivity index (χ2n) is 9.82. The molecule has 0 aliphatic carbocycles. The first kappa shape index (κ1) is 28.6. The fourth-order valence-electron chi connectivity index (χ4n) is 5.13. The SMILES string of the molecule is COc1ccc2ncc(CF)c([C@@H](O)CCC3(CO)CCN(CCSc4c(F)cc(F)cc4F)CC3)c2c1. The summed E-state index contributed by atoms with van der Waals surface area (Å²) in [6.45, 7) is 1.19. The Morgan fingerprint density at radius 1 is 1.13 bits per heavy atom. The molecule has 4 rings (SSSR count). The Morgan fingerprint density at radius 2 is 1.84 bits per heavy atom. The number of alkyl halides is 1. The molecule has 10 heteroatoms. The number of aliphatic hydroxyl groups excluding tert-OH is 2. The molecule has 0 bridgehead atoms. The molecule has 1 fully saturated rings. The minimum Gasteiger partial charge on any atom is -0.497 e. The van der Waals surface area contributed by atoms with Crippen LogP contribution in [-0.2, 0) is 6.67 Å². The van der Waals surface area contributed by atoms with Crippen LogP contribution in [0.15, 0.2) is 41.4 Å². The number of nitrogens with zero attached hydrogens (tertiary/aromatic N) is 2. The number of thioether (sulfide) groups is 1. The Hall–Kier alpha value is -2.40. The maximum atomic E-state index is 13.9. The zero-order valence-electron chi connectivity index (χ0n) is 21.2. The predicted molar refractivity (Wildman–Crippen MR) is 140 cm³/mol. The van der Waals surface area contributed by atoms with Crippen molar-refractivity contribution in [2.75, 3.05) is 39.1 Å². The molecule has 2 heterocycles. The van der Waals surface area contributed by atoms with Crippen molar-refractivity contribution in [2.24, 2.45) is 5.41 Å². The van der Waals surface area contributed by atoms with Crippen LogP contribution in [0.4, 0.5) is 17.6 Å². The van der Waals surface area contributed by atoms with Gasteiger partial charge in [-0.3, -0.25) is 4.98 Å². The summed E-state index contributed by atoms with van der Waals surface area (Å²) >= 11 is 1.01. The minimum absolute atomic E-state index is 0.0325. The van der Waals surface area contributed by atoms with E-state index in [1.807, 2.05) is 0 Å². The van der Waals surface area contributed by atoms with E-state index >= 15 is 0 Å². The van der Waals surface area contributed by atoms with Gasteiger partial charge in [0.05, 0.1) is 23.6 Å². The molecule has 2 aromatic carbocycles. The third-order valence-corrected chi connectivity index (χ3v) is 8.56. The zero-order valence-corrected chi connectivity index (χ0v) is 22.0. The zero-order chi connectivity index (χ0) is 27.3. The number of pyridine rings is 1. The molecule has 1 saturated heterocycles. The van der Waals surface area contributed by atoms with Gasteiger partial charge in [-0.25, -0.2) is 17.6 Å².